The van der Waals surface area contributed by atoms with Crippen LogP contribution in [0.25, 0.3) is 11.2 Å². The highest BCUT2D eigenvalue weighted by Crippen LogP contribution is 2.20. The lowest BCUT2D eigenvalue weighted by Crippen LogP contribution is -2.51. The average Bonchev–Trinajstić information content (AvgIpc) is 2.82. The minimum Gasteiger partial charge on any atom is -0.310 e. The fourth-order valence-electron chi connectivity index (χ4n) is 2.99. The summed E-state index contributed by atoms with van der Waals surface area (Å²) in [6.45, 7) is 6.23. The summed E-state index contributed by atoms with van der Waals surface area (Å²) < 4.78 is 2.19. The van der Waals surface area contributed by atoms with E-state index in [1.165, 1.54) is 0 Å². The molecule has 2 aromatic rings. The highest BCUT2D eigenvalue weighted by atomic mass is 35.5. The van der Waals surface area contributed by atoms with Gasteiger partial charge in [0.05, 0.1) is 5.88 Å². The molecule has 0 N–H and O–H groups in total. The van der Waals surface area contributed by atoms with Gasteiger partial charge in [-0.3, -0.25) is 4.90 Å². The number of rotatable bonds is 3. The van der Waals surface area contributed by atoms with Crippen molar-refractivity contribution in [3.63, 3.8) is 0 Å². The number of aromatic nitrogens is 3. The standard InChI is InChI=1S/C15H22ClN5/c1-11-4-5-17-15-14(11)18-13(8-16)21(15)10-12-9-19(2)6-7-20(12)3/h4-5,12H,6-10H2,1-3H3. The number of fused-ring (bicyclic) bond motifs is 1. The molecule has 1 saturated heterocycles. The van der Waals surface area contributed by atoms with Gasteiger partial charge < -0.3 is 9.47 Å². The second-order valence-electron chi connectivity index (χ2n) is 5.97. The van der Waals surface area contributed by atoms with Crippen LogP contribution in [-0.2, 0) is 12.4 Å². The highest BCUT2D eigenvalue weighted by molar-refractivity contribution is 6.16. The van der Waals surface area contributed by atoms with E-state index in [1.807, 2.05) is 12.3 Å². The number of imidazole rings is 1. The molecule has 6 heteroatoms. The Morgan fingerprint density at radius 1 is 1.33 bits per heavy atom. The molecule has 0 radical (unpaired) electrons. The Balaban J connectivity index is 1.97. The van der Waals surface area contributed by atoms with Crippen LogP contribution < -0.4 is 0 Å². The SMILES string of the molecule is Cc1ccnc2c1nc(CCl)n2CC1CN(C)CCN1C. The zero-order valence-corrected chi connectivity index (χ0v) is 13.6. The molecule has 0 aliphatic carbocycles. The minimum atomic E-state index is 0.419. The molecule has 1 atom stereocenters. The van der Waals surface area contributed by atoms with Crippen LogP contribution in [0.5, 0.6) is 0 Å². The van der Waals surface area contributed by atoms with Gasteiger partial charge in [-0.05, 0) is 32.6 Å². The molecule has 0 saturated carbocycles. The summed E-state index contributed by atoms with van der Waals surface area (Å²) in [6.07, 6.45) is 1.85. The normalized spacial score (nSPS) is 21.2. The molecule has 3 rings (SSSR count). The Bertz CT molecular complexity index is 638. The van der Waals surface area contributed by atoms with Crippen LogP contribution in [-0.4, -0.2) is 64.1 Å². The van der Waals surface area contributed by atoms with Gasteiger partial charge in [0, 0.05) is 38.4 Å². The van der Waals surface area contributed by atoms with Gasteiger partial charge in [0.1, 0.15) is 11.3 Å². The third kappa shape index (κ3) is 2.78. The second-order valence-corrected chi connectivity index (χ2v) is 6.24. The predicted molar refractivity (Wildman–Crippen MR) is 85.7 cm³/mol. The zero-order chi connectivity index (χ0) is 15.0. The lowest BCUT2D eigenvalue weighted by molar-refractivity contribution is 0.103. The molecular weight excluding hydrogens is 286 g/mol. The van der Waals surface area contributed by atoms with Crippen LogP contribution >= 0.6 is 11.6 Å². The fourth-order valence-corrected chi connectivity index (χ4v) is 3.19. The number of aryl methyl sites for hydroxylation is 1. The van der Waals surface area contributed by atoms with E-state index >= 15 is 0 Å². The van der Waals surface area contributed by atoms with Gasteiger partial charge in [0.25, 0.3) is 0 Å². The number of hydrogen-bond acceptors (Lipinski definition) is 4. The zero-order valence-electron chi connectivity index (χ0n) is 12.9. The summed E-state index contributed by atoms with van der Waals surface area (Å²) in [4.78, 5) is 14.0. The van der Waals surface area contributed by atoms with Crippen molar-refractivity contribution in [1.29, 1.82) is 0 Å². The largest absolute Gasteiger partial charge is 0.310 e. The molecular formula is C15H22ClN5. The maximum atomic E-state index is 6.10. The van der Waals surface area contributed by atoms with E-state index < -0.39 is 0 Å². The predicted octanol–water partition coefficient (Wildman–Crippen LogP) is 1.72. The number of likely N-dealkylation sites (N-methyl/N-ethyl adjacent to an activating group) is 2. The van der Waals surface area contributed by atoms with Crippen molar-refractivity contribution in [2.45, 2.75) is 25.4 Å². The molecule has 5 nitrogen and oxygen atoms in total. The van der Waals surface area contributed by atoms with Crippen molar-refractivity contribution >= 4 is 22.8 Å². The molecule has 1 unspecified atom stereocenters. The van der Waals surface area contributed by atoms with E-state index in [-0.39, 0.29) is 0 Å². The van der Waals surface area contributed by atoms with Crippen molar-refractivity contribution in [3.8, 4) is 0 Å². The van der Waals surface area contributed by atoms with E-state index in [0.717, 1.165) is 48.7 Å². The molecule has 0 spiro atoms. The number of nitrogens with zero attached hydrogens (tertiary/aromatic N) is 5. The van der Waals surface area contributed by atoms with E-state index in [9.17, 15) is 0 Å². The van der Waals surface area contributed by atoms with Crippen LogP contribution in [0.15, 0.2) is 12.3 Å². The van der Waals surface area contributed by atoms with E-state index in [0.29, 0.717) is 11.9 Å². The second kappa shape index (κ2) is 5.91. The van der Waals surface area contributed by atoms with Crippen LogP contribution in [0.2, 0.25) is 0 Å². The number of piperazine rings is 1. The molecule has 2 aromatic heterocycles. The van der Waals surface area contributed by atoms with Crippen LogP contribution in [0.1, 0.15) is 11.4 Å². The highest BCUT2D eigenvalue weighted by Gasteiger charge is 2.24. The Kier molecular flexibility index (Phi) is 4.15. The molecule has 1 aliphatic heterocycles. The van der Waals surface area contributed by atoms with Gasteiger partial charge in [0.15, 0.2) is 5.65 Å². The first-order valence-corrected chi connectivity index (χ1v) is 7.89. The molecule has 1 aliphatic rings. The molecule has 1 fully saturated rings. The van der Waals surface area contributed by atoms with Gasteiger partial charge in [-0.15, -0.1) is 11.6 Å². The fraction of sp³-hybridized carbons (Fsp3) is 0.600. The van der Waals surface area contributed by atoms with E-state index in [2.05, 4.69) is 45.4 Å². The average molecular weight is 308 g/mol. The van der Waals surface area contributed by atoms with Crippen molar-refractivity contribution in [3.05, 3.63) is 23.7 Å². The lowest BCUT2D eigenvalue weighted by atomic mass is 10.2. The van der Waals surface area contributed by atoms with Crippen LogP contribution in [0.4, 0.5) is 0 Å². The van der Waals surface area contributed by atoms with Gasteiger partial charge in [0.2, 0.25) is 0 Å². The Morgan fingerprint density at radius 3 is 2.90 bits per heavy atom. The Hall–Kier alpha value is -1.17. The van der Waals surface area contributed by atoms with Gasteiger partial charge in [-0.2, -0.15) is 0 Å². The molecule has 0 bridgehead atoms. The van der Waals surface area contributed by atoms with E-state index in [1.54, 1.807) is 0 Å². The molecule has 0 aromatic carbocycles. The Labute approximate surface area is 130 Å². The van der Waals surface area contributed by atoms with Crippen molar-refractivity contribution < 1.29 is 0 Å². The number of halogens is 1. The maximum absolute atomic E-state index is 6.10. The summed E-state index contributed by atoms with van der Waals surface area (Å²) in [6, 6.07) is 2.46. The maximum Gasteiger partial charge on any atom is 0.160 e. The Morgan fingerprint density at radius 2 is 2.14 bits per heavy atom. The number of alkyl halides is 1. The van der Waals surface area contributed by atoms with Crippen molar-refractivity contribution in [1.82, 2.24) is 24.3 Å². The summed E-state index contributed by atoms with van der Waals surface area (Å²) in [7, 11) is 4.37. The first-order valence-electron chi connectivity index (χ1n) is 7.35. The van der Waals surface area contributed by atoms with Crippen LogP contribution in [0, 0.1) is 6.92 Å². The number of pyridine rings is 1. The third-order valence-corrected chi connectivity index (χ3v) is 4.65. The minimum absolute atomic E-state index is 0.419. The quantitative estimate of drug-likeness (QED) is 0.809. The van der Waals surface area contributed by atoms with Crippen LogP contribution in [0.3, 0.4) is 0 Å². The molecule has 21 heavy (non-hydrogen) atoms. The smallest absolute Gasteiger partial charge is 0.160 e. The van der Waals surface area contributed by atoms with Crippen molar-refractivity contribution in [2.75, 3.05) is 33.7 Å². The van der Waals surface area contributed by atoms with Gasteiger partial charge >= 0.3 is 0 Å². The summed E-state index contributed by atoms with van der Waals surface area (Å²) in [5.41, 5.74) is 3.08. The molecule has 114 valence electrons. The topological polar surface area (TPSA) is 37.2 Å². The molecule has 3 heterocycles. The van der Waals surface area contributed by atoms with Gasteiger partial charge in [-0.1, -0.05) is 0 Å². The molecule has 0 amide bonds. The van der Waals surface area contributed by atoms with E-state index in [4.69, 9.17) is 11.6 Å². The lowest BCUT2D eigenvalue weighted by Gasteiger charge is -2.38. The first kappa shape index (κ1) is 14.8. The summed E-state index contributed by atoms with van der Waals surface area (Å²) in [5.74, 6) is 1.33. The summed E-state index contributed by atoms with van der Waals surface area (Å²) in [5, 5.41) is 0. The monoisotopic (exact) mass is 307 g/mol. The van der Waals surface area contributed by atoms with Gasteiger partial charge in [-0.25, -0.2) is 9.97 Å². The first-order chi connectivity index (χ1) is 10.1. The van der Waals surface area contributed by atoms with Crippen molar-refractivity contribution in [2.24, 2.45) is 0 Å². The summed E-state index contributed by atoms with van der Waals surface area (Å²) >= 11 is 6.10. The third-order valence-electron chi connectivity index (χ3n) is 4.41. The number of hydrogen-bond donors (Lipinski definition) is 0.